The van der Waals surface area contributed by atoms with Crippen LogP contribution in [0.25, 0.3) is 0 Å². The third-order valence-electron chi connectivity index (χ3n) is 2.82. The van der Waals surface area contributed by atoms with Gasteiger partial charge in [0, 0.05) is 10.6 Å². The van der Waals surface area contributed by atoms with Crippen molar-refractivity contribution in [2.75, 3.05) is 10.6 Å². The molecule has 0 spiro atoms. The largest absolute Gasteiger partial charge is 0.478 e. The number of urea groups is 1. The fourth-order valence-corrected chi connectivity index (χ4v) is 2.70. The molecule has 0 unspecified atom stereocenters. The normalized spacial score (nSPS) is 10.2. The Morgan fingerprint density at radius 2 is 2.10 bits per heavy atom. The average molecular weight is 305 g/mol. The van der Waals surface area contributed by atoms with E-state index < -0.39 is 12.0 Å². The van der Waals surface area contributed by atoms with Gasteiger partial charge in [0.1, 0.15) is 0 Å². The Morgan fingerprint density at radius 1 is 1.33 bits per heavy atom. The van der Waals surface area contributed by atoms with E-state index in [2.05, 4.69) is 15.6 Å². The van der Waals surface area contributed by atoms with Gasteiger partial charge in [0.15, 0.2) is 5.13 Å². The van der Waals surface area contributed by atoms with Crippen LogP contribution in [-0.2, 0) is 6.42 Å². The molecule has 0 bridgehead atoms. The maximum absolute atomic E-state index is 11.9. The first-order valence-electron chi connectivity index (χ1n) is 6.37. The second-order valence-electron chi connectivity index (χ2n) is 4.34. The minimum Gasteiger partial charge on any atom is -0.478 e. The summed E-state index contributed by atoms with van der Waals surface area (Å²) in [5, 5.41) is 14.7. The number of thiazole rings is 1. The number of carbonyl (C=O) groups is 2. The summed E-state index contributed by atoms with van der Waals surface area (Å²) in [6, 6.07) is 5.60. The molecule has 0 saturated carbocycles. The standard InChI is InChI=1S/C14H15N3O3S/c1-3-11-8(2)21-14(16-11)17-13(20)15-10-6-4-5-9(7-10)12(18)19/h4-7H,3H2,1-2H3,(H,18,19)(H2,15,16,17,20). The van der Waals surface area contributed by atoms with E-state index in [9.17, 15) is 9.59 Å². The van der Waals surface area contributed by atoms with E-state index in [0.717, 1.165) is 17.0 Å². The van der Waals surface area contributed by atoms with Crippen LogP contribution in [0, 0.1) is 6.92 Å². The van der Waals surface area contributed by atoms with E-state index in [1.807, 2.05) is 13.8 Å². The van der Waals surface area contributed by atoms with Crippen molar-refractivity contribution in [1.82, 2.24) is 4.98 Å². The van der Waals surface area contributed by atoms with Gasteiger partial charge in [-0.15, -0.1) is 11.3 Å². The molecule has 3 N–H and O–H groups in total. The SMILES string of the molecule is CCc1nc(NC(=O)Nc2cccc(C(=O)O)c2)sc1C. The highest BCUT2D eigenvalue weighted by Gasteiger charge is 2.10. The fraction of sp³-hybridized carbons (Fsp3) is 0.214. The predicted molar refractivity (Wildman–Crippen MR) is 82.3 cm³/mol. The second kappa shape index (κ2) is 6.36. The fourth-order valence-electron chi connectivity index (χ4n) is 1.80. The van der Waals surface area contributed by atoms with Crippen LogP contribution in [0.4, 0.5) is 15.6 Å². The van der Waals surface area contributed by atoms with Crippen molar-refractivity contribution in [3.63, 3.8) is 0 Å². The zero-order valence-corrected chi connectivity index (χ0v) is 12.5. The molecule has 2 amide bonds. The number of carboxylic acid groups (broad SMARTS) is 1. The Hall–Kier alpha value is -2.41. The zero-order valence-electron chi connectivity index (χ0n) is 11.6. The predicted octanol–water partition coefficient (Wildman–Crippen LogP) is 3.36. The number of aryl methyl sites for hydroxylation is 2. The van der Waals surface area contributed by atoms with E-state index in [1.165, 1.54) is 23.5 Å². The summed E-state index contributed by atoms with van der Waals surface area (Å²) in [7, 11) is 0. The molecule has 110 valence electrons. The molecule has 7 heteroatoms. The van der Waals surface area contributed by atoms with E-state index in [1.54, 1.807) is 12.1 Å². The van der Waals surface area contributed by atoms with Crippen LogP contribution >= 0.6 is 11.3 Å². The van der Waals surface area contributed by atoms with Crippen LogP contribution in [0.15, 0.2) is 24.3 Å². The molecular formula is C14H15N3O3S. The summed E-state index contributed by atoms with van der Waals surface area (Å²) < 4.78 is 0. The Bertz CT molecular complexity index is 682. The van der Waals surface area contributed by atoms with Gasteiger partial charge in [-0.3, -0.25) is 5.32 Å². The van der Waals surface area contributed by atoms with Crippen LogP contribution in [-0.4, -0.2) is 22.1 Å². The van der Waals surface area contributed by atoms with Gasteiger partial charge >= 0.3 is 12.0 Å². The third-order valence-corrected chi connectivity index (χ3v) is 3.74. The van der Waals surface area contributed by atoms with Crippen molar-refractivity contribution < 1.29 is 14.7 Å². The number of aromatic nitrogens is 1. The van der Waals surface area contributed by atoms with E-state index in [0.29, 0.717) is 10.8 Å². The van der Waals surface area contributed by atoms with Gasteiger partial charge in [-0.05, 0) is 31.5 Å². The quantitative estimate of drug-likeness (QED) is 0.807. The first kappa shape index (κ1) is 15.0. The number of aromatic carboxylic acids is 1. The van der Waals surface area contributed by atoms with Crippen molar-refractivity contribution in [1.29, 1.82) is 0 Å². The highest BCUT2D eigenvalue weighted by molar-refractivity contribution is 7.15. The number of hydrogen-bond acceptors (Lipinski definition) is 4. The lowest BCUT2D eigenvalue weighted by molar-refractivity contribution is 0.0697. The van der Waals surface area contributed by atoms with E-state index >= 15 is 0 Å². The maximum atomic E-state index is 11.9. The Labute approximate surface area is 125 Å². The van der Waals surface area contributed by atoms with Crippen molar-refractivity contribution in [3.05, 3.63) is 40.4 Å². The van der Waals surface area contributed by atoms with Crippen LogP contribution in [0.1, 0.15) is 27.9 Å². The lowest BCUT2D eigenvalue weighted by Gasteiger charge is -2.06. The van der Waals surface area contributed by atoms with Gasteiger partial charge in [-0.2, -0.15) is 0 Å². The number of hydrogen-bond donors (Lipinski definition) is 3. The van der Waals surface area contributed by atoms with Gasteiger partial charge in [0.25, 0.3) is 0 Å². The average Bonchev–Trinajstić information content (AvgIpc) is 2.78. The van der Waals surface area contributed by atoms with Gasteiger partial charge in [-0.1, -0.05) is 13.0 Å². The number of anilines is 2. The van der Waals surface area contributed by atoms with Crippen molar-refractivity contribution in [3.8, 4) is 0 Å². The Kier molecular flexibility index (Phi) is 4.54. The summed E-state index contributed by atoms with van der Waals surface area (Å²) in [4.78, 5) is 28.1. The molecule has 6 nitrogen and oxygen atoms in total. The van der Waals surface area contributed by atoms with Crippen LogP contribution in [0.3, 0.4) is 0 Å². The summed E-state index contributed by atoms with van der Waals surface area (Å²) in [6.07, 6.45) is 0.812. The Balaban J connectivity index is 2.04. The first-order chi connectivity index (χ1) is 9.99. The molecule has 2 aromatic rings. The molecule has 1 heterocycles. The van der Waals surface area contributed by atoms with Crippen LogP contribution in [0.5, 0.6) is 0 Å². The van der Waals surface area contributed by atoms with Crippen molar-refractivity contribution in [2.45, 2.75) is 20.3 Å². The molecule has 2 rings (SSSR count). The van der Waals surface area contributed by atoms with Crippen LogP contribution in [0.2, 0.25) is 0 Å². The number of rotatable bonds is 4. The number of nitrogens with one attached hydrogen (secondary N) is 2. The molecule has 0 atom stereocenters. The first-order valence-corrected chi connectivity index (χ1v) is 7.19. The summed E-state index contributed by atoms with van der Waals surface area (Å²) in [6.45, 7) is 3.96. The minimum absolute atomic E-state index is 0.117. The summed E-state index contributed by atoms with van der Waals surface area (Å²) >= 11 is 1.41. The summed E-state index contributed by atoms with van der Waals surface area (Å²) in [5.41, 5.74) is 1.49. The molecule has 1 aromatic heterocycles. The molecule has 0 radical (unpaired) electrons. The van der Waals surface area contributed by atoms with Crippen LogP contribution < -0.4 is 10.6 Å². The molecule has 0 saturated heterocycles. The molecule has 1 aromatic carbocycles. The van der Waals surface area contributed by atoms with Gasteiger partial charge in [-0.25, -0.2) is 14.6 Å². The third kappa shape index (κ3) is 3.79. The number of carboxylic acids is 1. The molecule has 21 heavy (non-hydrogen) atoms. The minimum atomic E-state index is -1.04. The highest BCUT2D eigenvalue weighted by Crippen LogP contribution is 2.22. The number of amides is 2. The smallest absolute Gasteiger partial charge is 0.335 e. The molecule has 0 fully saturated rings. The second-order valence-corrected chi connectivity index (χ2v) is 5.54. The zero-order chi connectivity index (χ0) is 15.4. The number of nitrogens with zero attached hydrogens (tertiary/aromatic N) is 1. The highest BCUT2D eigenvalue weighted by atomic mass is 32.1. The van der Waals surface area contributed by atoms with Gasteiger partial charge in [0.05, 0.1) is 11.3 Å². The molecule has 0 aliphatic carbocycles. The topological polar surface area (TPSA) is 91.3 Å². The lowest BCUT2D eigenvalue weighted by Crippen LogP contribution is -2.19. The Morgan fingerprint density at radius 3 is 2.71 bits per heavy atom. The number of carbonyl (C=O) groups excluding carboxylic acids is 1. The molecular weight excluding hydrogens is 290 g/mol. The van der Waals surface area contributed by atoms with Gasteiger partial charge < -0.3 is 10.4 Å². The van der Waals surface area contributed by atoms with E-state index in [-0.39, 0.29) is 5.56 Å². The van der Waals surface area contributed by atoms with Gasteiger partial charge in [0.2, 0.25) is 0 Å². The molecule has 0 aliphatic rings. The molecule has 0 aliphatic heterocycles. The summed E-state index contributed by atoms with van der Waals surface area (Å²) in [5.74, 6) is -1.04. The monoisotopic (exact) mass is 305 g/mol. The number of benzene rings is 1. The lowest BCUT2D eigenvalue weighted by atomic mass is 10.2. The van der Waals surface area contributed by atoms with Crippen molar-refractivity contribution >= 4 is 34.2 Å². The maximum Gasteiger partial charge on any atom is 0.335 e. The van der Waals surface area contributed by atoms with Crippen molar-refractivity contribution in [2.24, 2.45) is 0 Å². The van der Waals surface area contributed by atoms with E-state index in [4.69, 9.17) is 5.11 Å².